The van der Waals surface area contributed by atoms with E-state index in [0.717, 1.165) is 18.2 Å². The van der Waals surface area contributed by atoms with Gasteiger partial charge in [0, 0.05) is 19.0 Å². The summed E-state index contributed by atoms with van der Waals surface area (Å²) in [6, 6.07) is 8.84. The summed E-state index contributed by atoms with van der Waals surface area (Å²) in [6.07, 6.45) is 2.98. The maximum absolute atomic E-state index is 12.3. The minimum absolute atomic E-state index is 0.184. The van der Waals surface area contributed by atoms with Crippen LogP contribution in [-0.2, 0) is 39.8 Å². The zero-order valence-corrected chi connectivity index (χ0v) is 19.1. The molecule has 0 aliphatic carbocycles. The van der Waals surface area contributed by atoms with E-state index in [-0.39, 0.29) is 23.6 Å². The molecular weight excluding hydrogens is 450 g/mol. The predicted molar refractivity (Wildman–Crippen MR) is 123 cm³/mol. The van der Waals surface area contributed by atoms with Crippen LogP contribution < -0.4 is 16.0 Å². The number of rotatable bonds is 10. The van der Waals surface area contributed by atoms with Gasteiger partial charge in [0.25, 0.3) is 5.56 Å². The molecular formula is C21H25N5O6S. The van der Waals surface area contributed by atoms with Gasteiger partial charge >= 0.3 is 11.7 Å². The highest BCUT2D eigenvalue weighted by Gasteiger charge is 2.18. The Balaban J connectivity index is 1.66. The molecule has 0 unspecified atom stereocenters. The van der Waals surface area contributed by atoms with Crippen molar-refractivity contribution in [3.05, 3.63) is 68.0 Å². The molecule has 2 aromatic heterocycles. The quantitative estimate of drug-likeness (QED) is 0.414. The van der Waals surface area contributed by atoms with Crippen LogP contribution in [0.15, 0.2) is 45.3 Å². The van der Waals surface area contributed by atoms with Crippen molar-refractivity contribution in [2.24, 2.45) is 7.05 Å². The van der Waals surface area contributed by atoms with Crippen LogP contribution in [0.5, 0.6) is 0 Å². The van der Waals surface area contributed by atoms with Gasteiger partial charge in [0.15, 0.2) is 11.2 Å². The van der Waals surface area contributed by atoms with Gasteiger partial charge in [-0.05, 0) is 18.1 Å². The third kappa shape index (κ3) is 6.05. The third-order valence-corrected chi connectivity index (χ3v) is 5.90. The van der Waals surface area contributed by atoms with Crippen molar-refractivity contribution >= 4 is 33.2 Å². The summed E-state index contributed by atoms with van der Waals surface area (Å²) in [7, 11) is -2.28. The SMILES string of the molecule is CCCCn1c(=O)[nH]c(=O)c2c1nc(COC(=O)CNS(=O)(=O)/C=C/c1ccccc1)n2C. The van der Waals surface area contributed by atoms with Crippen molar-refractivity contribution in [3.8, 4) is 0 Å². The number of hydrogen-bond donors (Lipinski definition) is 2. The topological polar surface area (TPSA) is 145 Å². The summed E-state index contributed by atoms with van der Waals surface area (Å²) >= 11 is 0. The Labute approximate surface area is 189 Å². The average molecular weight is 476 g/mol. The molecule has 3 rings (SSSR count). The fourth-order valence-corrected chi connectivity index (χ4v) is 3.83. The Morgan fingerprint density at radius 1 is 1.24 bits per heavy atom. The molecule has 0 bridgehead atoms. The zero-order valence-electron chi connectivity index (χ0n) is 18.3. The summed E-state index contributed by atoms with van der Waals surface area (Å²) in [5.41, 5.74) is -0.0606. The molecule has 0 saturated carbocycles. The highest BCUT2D eigenvalue weighted by molar-refractivity contribution is 7.92. The second-order valence-corrected chi connectivity index (χ2v) is 8.91. The highest BCUT2D eigenvalue weighted by Crippen LogP contribution is 2.11. The van der Waals surface area contributed by atoms with Crippen molar-refractivity contribution in [3.63, 3.8) is 0 Å². The number of nitrogens with one attached hydrogen (secondary N) is 2. The number of aryl methyl sites for hydroxylation is 2. The minimum atomic E-state index is -3.85. The van der Waals surface area contributed by atoms with Gasteiger partial charge in [-0.1, -0.05) is 43.7 Å². The molecule has 0 fully saturated rings. The molecule has 176 valence electrons. The molecule has 0 aliphatic heterocycles. The van der Waals surface area contributed by atoms with Crippen molar-refractivity contribution in [1.29, 1.82) is 0 Å². The van der Waals surface area contributed by atoms with E-state index >= 15 is 0 Å². The number of nitrogens with zero attached hydrogens (tertiary/aromatic N) is 3. The lowest BCUT2D eigenvalue weighted by molar-refractivity contribution is -0.143. The maximum Gasteiger partial charge on any atom is 0.330 e. The number of hydrogen-bond acceptors (Lipinski definition) is 7. The monoisotopic (exact) mass is 475 g/mol. The second kappa shape index (κ2) is 10.4. The number of esters is 1. The molecule has 0 spiro atoms. The van der Waals surface area contributed by atoms with E-state index in [9.17, 15) is 22.8 Å². The molecule has 12 heteroatoms. The van der Waals surface area contributed by atoms with Crippen LogP contribution in [-0.4, -0.2) is 40.0 Å². The number of sulfonamides is 1. The van der Waals surface area contributed by atoms with Crippen molar-refractivity contribution in [1.82, 2.24) is 23.8 Å². The van der Waals surface area contributed by atoms with Gasteiger partial charge < -0.3 is 9.30 Å². The Morgan fingerprint density at radius 3 is 2.67 bits per heavy atom. The highest BCUT2D eigenvalue weighted by atomic mass is 32.2. The van der Waals surface area contributed by atoms with E-state index in [1.165, 1.54) is 15.2 Å². The predicted octanol–water partition coefficient (Wildman–Crippen LogP) is 0.857. The lowest BCUT2D eigenvalue weighted by atomic mass is 10.2. The van der Waals surface area contributed by atoms with Crippen LogP contribution in [0.2, 0.25) is 0 Å². The number of carbonyl (C=O) groups excluding carboxylic acids is 1. The molecule has 0 saturated heterocycles. The largest absolute Gasteiger partial charge is 0.457 e. The van der Waals surface area contributed by atoms with E-state index in [4.69, 9.17) is 4.74 Å². The first kappa shape index (κ1) is 24.1. The molecule has 0 aliphatic rings. The lowest BCUT2D eigenvalue weighted by Crippen LogP contribution is -2.31. The van der Waals surface area contributed by atoms with Crippen molar-refractivity contribution in [2.45, 2.75) is 32.9 Å². The number of unbranched alkanes of at least 4 members (excludes halogenated alkanes) is 1. The van der Waals surface area contributed by atoms with Crippen LogP contribution in [0.3, 0.4) is 0 Å². The Kier molecular flexibility index (Phi) is 7.61. The molecule has 11 nitrogen and oxygen atoms in total. The minimum Gasteiger partial charge on any atom is -0.457 e. The van der Waals surface area contributed by atoms with Gasteiger partial charge in [-0.25, -0.2) is 22.9 Å². The summed E-state index contributed by atoms with van der Waals surface area (Å²) < 4.78 is 34.2. The van der Waals surface area contributed by atoms with Gasteiger partial charge in [0.05, 0.1) is 0 Å². The van der Waals surface area contributed by atoms with Crippen LogP contribution in [0.4, 0.5) is 0 Å². The molecule has 0 amide bonds. The van der Waals surface area contributed by atoms with Crippen LogP contribution >= 0.6 is 0 Å². The first-order valence-corrected chi connectivity index (χ1v) is 11.8. The number of H-pyrrole nitrogens is 1. The molecule has 3 aromatic rings. The molecule has 2 heterocycles. The van der Waals surface area contributed by atoms with Crippen molar-refractivity contribution < 1.29 is 17.9 Å². The van der Waals surface area contributed by atoms with Gasteiger partial charge in [0.1, 0.15) is 19.0 Å². The number of aromatic nitrogens is 4. The number of carbonyl (C=O) groups is 1. The van der Waals surface area contributed by atoms with E-state index < -0.39 is 33.8 Å². The number of aromatic amines is 1. The van der Waals surface area contributed by atoms with Gasteiger partial charge in [-0.15, -0.1) is 0 Å². The van der Waals surface area contributed by atoms with Crippen LogP contribution in [0.1, 0.15) is 31.2 Å². The zero-order chi connectivity index (χ0) is 24.0. The number of fused-ring (bicyclic) bond motifs is 1. The first-order valence-electron chi connectivity index (χ1n) is 10.3. The van der Waals surface area contributed by atoms with Gasteiger partial charge in [-0.3, -0.25) is 19.1 Å². The summed E-state index contributed by atoms with van der Waals surface area (Å²) in [4.78, 5) is 43.1. The van der Waals surface area contributed by atoms with Gasteiger partial charge in [0.2, 0.25) is 10.0 Å². The molecule has 0 atom stereocenters. The smallest absolute Gasteiger partial charge is 0.330 e. The Morgan fingerprint density at radius 2 is 1.97 bits per heavy atom. The van der Waals surface area contributed by atoms with E-state index in [2.05, 4.69) is 14.7 Å². The fourth-order valence-electron chi connectivity index (χ4n) is 3.08. The van der Waals surface area contributed by atoms with E-state index in [0.29, 0.717) is 12.1 Å². The molecule has 33 heavy (non-hydrogen) atoms. The van der Waals surface area contributed by atoms with Gasteiger partial charge in [-0.2, -0.15) is 0 Å². The number of imidazole rings is 1. The fraction of sp³-hybridized carbons (Fsp3) is 0.333. The first-order chi connectivity index (χ1) is 15.7. The normalized spacial score (nSPS) is 11.9. The molecule has 0 radical (unpaired) electrons. The van der Waals surface area contributed by atoms with Crippen LogP contribution in [0.25, 0.3) is 17.2 Å². The Bertz CT molecular complexity index is 1390. The Hall–Kier alpha value is -3.51. The molecule has 2 N–H and O–H groups in total. The number of benzene rings is 1. The van der Waals surface area contributed by atoms with Crippen LogP contribution in [0, 0.1) is 0 Å². The average Bonchev–Trinajstić information content (AvgIpc) is 3.12. The third-order valence-electron chi connectivity index (χ3n) is 4.86. The summed E-state index contributed by atoms with van der Waals surface area (Å²) in [5.74, 6) is -0.581. The van der Waals surface area contributed by atoms with Crippen molar-refractivity contribution in [2.75, 3.05) is 6.54 Å². The number of ether oxygens (including phenoxy) is 1. The lowest BCUT2D eigenvalue weighted by Gasteiger charge is -2.05. The summed E-state index contributed by atoms with van der Waals surface area (Å²) in [5, 5.41) is 0.961. The second-order valence-electron chi connectivity index (χ2n) is 7.26. The standard InChI is InChI=1S/C21H25N5O6S/c1-3-4-11-26-19-18(20(28)24-21(26)29)25(2)16(23-19)14-32-17(27)13-22-33(30,31)12-10-15-8-6-5-7-9-15/h5-10,12,22H,3-4,11,13-14H2,1-2H3,(H,24,28,29)/b12-10+. The molecule has 1 aromatic carbocycles. The van der Waals surface area contributed by atoms with E-state index in [1.54, 1.807) is 31.3 Å². The van der Waals surface area contributed by atoms with E-state index in [1.807, 2.05) is 13.0 Å². The summed E-state index contributed by atoms with van der Waals surface area (Å²) in [6.45, 7) is 1.49. The maximum atomic E-state index is 12.3.